The lowest BCUT2D eigenvalue weighted by Gasteiger charge is -2.23. The number of aromatic hydroxyl groups is 2. The summed E-state index contributed by atoms with van der Waals surface area (Å²) in [6, 6.07) is 3.36. The molecule has 1 heterocycles. The predicted molar refractivity (Wildman–Crippen MR) is 58.0 cm³/mol. The Balaban J connectivity index is 2.33. The molecule has 1 unspecified atom stereocenters. The monoisotopic (exact) mass is 210 g/mol. The van der Waals surface area contributed by atoms with Crippen molar-refractivity contribution in [3.63, 3.8) is 0 Å². The molecule has 2 nitrogen and oxygen atoms in total. The molecule has 1 aromatic rings. The molecule has 0 aromatic heterocycles. The molecule has 1 aromatic carbocycles. The molecule has 0 spiro atoms. The molecule has 2 rings (SSSR count). The number of aryl methyl sites for hydroxylation is 1. The second kappa shape index (κ2) is 3.73. The minimum atomic E-state index is -0.00648. The Labute approximate surface area is 88.0 Å². The quantitative estimate of drug-likeness (QED) is 0.700. The smallest absolute Gasteiger partial charge is 0.158 e. The van der Waals surface area contributed by atoms with E-state index in [1.165, 1.54) is 6.42 Å². The van der Waals surface area contributed by atoms with Crippen LogP contribution in [0.15, 0.2) is 17.0 Å². The highest BCUT2D eigenvalue weighted by Gasteiger charge is 2.19. The number of rotatable bonds is 1. The summed E-state index contributed by atoms with van der Waals surface area (Å²) in [5, 5.41) is 19.4. The highest BCUT2D eigenvalue weighted by atomic mass is 32.2. The third-order valence-electron chi connectivity index (χ3n) is 2.64. The molecule has 2 N–H and O–H groups in total. The topological polar surface area (TPSA) is 40.5 Å². The van der Waals surface area contributed by atoms with Crippen molar-refractivity contribution in [2.75, 3.05) is 0 Å². The van der Waals surface area contributed by atoms with Gasteiger partial charge in [0.2, 0.25) is 0 Å². The van der Waals surface area contributed by atoms with Gasteiger partial charge in [0.1, 0.15) is 0 Å². The second-order valence-corrected chi connectivity index (χ2v) is 4.98. The number of phenols is 2. The van der Waals surface area contributed by atoms with E-state index in [0.29, 0.717) is 5.25 Å². The van der Waals surface area contributed by atoms with Crippen LogP contribution in [0, 0.1) is 0 Å². The molecule has 76 valence electrons. The standard InChI is InChI=1S/C11H14O2S/c1-2-8-4-3-7-5-9(12)10(13)6-11(7)14-8/h5-6,8,12-13H,2-4H2,1H3. The summed E-state index contributed by atoms with van der Waals surface area (Å²) in [6.45, 7) is 2.18. The first-order valence-corrected chi connectivity index (χ1v) is 5.80. The Kier molecular flexibility index (Phi) is 2.59. The summed E-state index contributed by atoms with van der Waals surface area (Å²) in [5.41, 5.74) is 1.16. The third-order valence-corrected chi connectivity index (χ3v) is 4.18. The van der Waals surface area contributed by atoms with Gasteiger partial charge in [0.05, 0.1) is 0 Å². The molecule has 0 aliphatic carbocycles. The Bertz CT molecular complexity index is 349. The summed E-state index contributed by atoms with van der Waals surface area (Å²) >= 11 is 1.81. The van der Waals surface area contributed by atoms with Crippen molar-refractivity contribution in [3.05, 3.63) is 17.7 Å². The SMILES string of the molecule is CCC1CCc2cc(O)c(O)cc2S1. The van der Waals surface area contributed by atoms with Crippen molar-refractivity contribution in [1.29, 1.82) is 0 Å². The molecule has 0 bridgehead atoms. The maximum Gasteiger partial charge on any atom is 0.158 e. The van der Waals surface area contributed by atoms with Crippen LogP contribution in [0.2, 0.25) is 0 Å². The number of fused-ring (bicyclic) bond motifs is 1. The van der Waals surface area contributed by atoms with Gasteiger partial charge in [-0.3, -0.25) is 0 Å². The van der Waals surface area contributed by atoms with Gasteiger partial charge in [-0.1, -0.05) is 6.92 Å². The fourth-order valence-electron chi connectivity index (χ4n) is 1.75. The van der Waals surface area contributed by atoms with E-state index in [0.717, 1.165) is 23.3 Å². The van der Waals surface area contributed by atoms with Gasteiger partial charge in [-0.15, -0.1) is 11.8 Å². The molecule has 1 aliphatic rings. The molecule has 0 saturated carbocycles. The van der Waals surface area contributed by atoms with Crippen molar-refractivity contribution in [1.82, 2.24) is 0 Å². The predicted octanol–water partition coefficient (Wildman–Crippen LogP) is 2.91. The van der Waals surface area contributed by atoms with E-state index in [2.05, 4.69) is 6.92 Å². The maximum absolute atomic E-state index is 9.37. The minimum absolute atomic E-state index is 0.000650. The number of benzene rings is 1. The summed E-state index contributed by atoms with van der Waals surface area (Å²) in [4.78, 5) is 1.12. The molecule has 0 fully saturated rings. The molecule has 3 heteroatoms. The second-order valence-electron chi connectivity index (χ2n) is 3.64. The van der Waals surface area contributed by atoms with E-state index in [-0.39, 0.29) is 11.5 Å². The van der Waals surface area contributed by atoms with E-state index >= 15 is 0 Å². The van der Waals surface area contributed by atoms with Gasteiger partial charge in [-0.05, 0) is 37.0 Å². The zero-order chi connectivity index (χ0) is 10.1. The normalized spacial score (nSPS) is 20.5. The van der Waals surface area contributed by atoms with Crippen LogP contribution in [0.25, 0.3) is 0 Å². The molecular weight excluding hydrogens is 196 g/mol. The van der Waals surface area contributed by atoms with Crippen LogP contribution >= 0.6 is 11.8 Å². The van der Waals surface area contributed by atoms with Crippen molar-refractivity contribution < 1.29 is 10.2 Å². The fourth-order valence-corrected chi connectivity index (χ4v) is 3.00. The van der Waals surface area contributed by atoms with E-state index < -0.39 is 0 Å². The zero-order valence-electron chi connectivity index (χ0n) is 8.16. The maximum atomic E-state index is 9.37. The highest BCUT2D eigenvalue weighted by Crippen LogP contribution is 2.41. The van der Waals surface area contributed by atoms with Crippen LogP contribution in [0.4, 0.5) is 0 Å². The van der Waals surface area contributed by atoms with Crippen molar-refractivity contribution in [2.45, 2.75) is 36.3 Å². The Hall–Kier alpha value is -0.830. The van der Waals surface area contributed by atoms with Gasteiger partial charge >= 0.3 is 0 Å². The number of phenolic OH excluding ortho intramolecular Hbond substituents is 2. The van der Waals surface area contributed by atoms with Gasteiger partial charge in [0, 0.05) is 10.1 Å². The molecule has 0 saturated heterocycles. The Morgan fingerprint density at radius 3 is 2.79 bits per heavy atom. The third kappa shape index (κ3) is 1.69. The van der Waals surface area contributed by atoms with E-state index in [1.807, 2.05) is 11.8 Å². The first-order valence-electron chi connectivity index (χ1n) is 4.92. The van der Waals surface area contributed by atoms with Crippen molar-refractivity contribution in [3.8, 4) is 11.5 Å². The van der Waals surface area contributed by atoms with Gasteiger partial charge in [0.15, 0.2) is 11.5 Å². The zero-order valence-corrected chi connectivity index (χ0v) is 8.97. The van der Waals surface area contributed by atoms with Crippen LogP contribution in [0.1, 0.15) is 25.3 Å². The van der Waals surface area contributed by atoms with Crippen molar-refractivity contribution >= 4 is 11.8 Å². The van der Waals surface area contributed by atoms with Crippen LogP contribution in [-0.4, -0.2) is 15.5 Å². The average Bonchev–Trinajstić information content (AvgIpc) is 2.19. The lowest BCUT2D eigenvalue weighted by atomic mass is 10.1. The van der Waals surface area contributed by atoms with Crippen LogP contribution in [0.5, 0.6) is 11.5 Å². The summed E-state index contributed by atoms with van der Waals surface area (Å²) in [5.74, 6) is -0.00713. The van der Waals surface area contributed by atoms with E-state index in [1.54, 1.807) is 12.1 Å². The summed E-state index contributed by atoms with van der Waals surface area (Å²) < 4.78 is 0. The first-order chi connectivity index (χ1) is 6.70. The lowest BCUT2D eigenvalue weighted by Crippen LogP contribution is -2.09. The average molecular weight is 210 g/mol. The fraction of sp³-hybridized carbons (Fsp3) is 0.455. The molecule has 0 radical (unpaired) electrons. The largest absolute Gasteiger partial charge is 0.504 e. The highest BCUT2D eigenvalue weighted by molar-refractivity contribution is 8.00. The Morgan fingerprint density at radius 1 is 1.36 bits per heavy atom. The molecule has 1 aliphatic heterocycles. The molecular formula is C11H14O2S. The first kappa shape index (κ1) is 9.71. The molecule has 1 atom stereocenters. The number of hydrogen-bond acceptors (Lipinski definition) is 3. The van der Waals surface area contributed by atoms with Gasteiger partial charge in [-0.2, -0.15) is 0 Å². The van der Waals surface area contributed by atoms with E-state index in [4.69, 9.17) is 0 Å². The van der Waals surface area contributed by atoms with Crippen molar-refractivity contribution in [2.24, 2.45) is 0 Å². The summed E-state index contributed by atoms with van der Waals surface area (Å²) in [7, 11) is 0. The molecule has 0 amide bonds. The van der Waals surface area contributed by atoms with Gasteiger partial charge in [0.25, 0.3) is 0 Å². The van der Waals surface area contributed by atoms with Crippen LogP contribution in [-0.2, 0) is 6.42 Å². The number of hydrogen-bond donors (Lipinski definition) is 2. The lowest BCUT2D eigenvalue weighted by molar-refractivity contribution is 0.401. The molecule has 14 heavy (non-hydrogen) atoms. The van der Waals surface area contributed by atoms with E-state index in [9.17, 15) is 10.2 Å². The van der Waals surface area contributed by atoms with Crippen LogP contribution < -0.4 is 0 Å². The summed E-state index contributed by atoms with van der Waals surface area (Å²) in [6.07, 6.45) is 3.33. The minimum Gasteiger partial charge on any atom is -0.504 e. The van der Waals surface area contributed by atoms with Gasteiger partial charge < -0.3 is 10.2 Å². The number of thioether (sulfide) groups is 1. The van der Waals surface area contributed by atoms with Gasteiger partial charge in [-0.25, -0.2) is 0 Å². The van der Waals surface area contributed by atoms with Crippen LogP contribution in [0.3, 0.4) is 0 Å². The Morgan fingerprint density at radius 2 is 2.07 bits per heavy atom.